The molecular weight excluding hydrogens is 676 g/mol. The van der Waals surface area contributed by atoms with E-state index in [9.17, 15) is 29.7 Å². The van der Waals surface area contributed by atoms with E-state index in [1.54, 1.807) is 0 Å². The second kappa shape index (κ2) is 12.0. The van der Waals surface area contributed by atoms with Crippen molar-refractivity contribution in [3.05, 3.63) is 51.5 Å². The number of benzene rings is 1. The minimum absolute atomic E-state index is 0.0166. The van der Waals surface area contributed by atoms with E-state index in [0.717, 1.165) is 28.0 Å². The SMILES string of the molecule is Cc1cc2cc(O)c(O)cc2c[n+]1CC1=C(c2nnn[nH]2)N2C(=O)[C@@H](NC(=O)/C(=N\OC(C)(C)C(=O)O)c3nc(N)sc3Cl)[C@H]2SC1. The van der Waals surface area contributed by atoms with Gasteiger partial charge in [-0.3, -0.25) is 14.5 Å². The summed E-state index contributed by atoms with van der Waals surface area (Å²) in [6.07, 6.45) is 1.83. The standard InChI is InChI=1S/C27H25ClN10O7S2/c1-10-4-11-5-14(39)15(40)6-12(11)7-37(10)8-13-9-46-24-18(23(42)38(24)19(13)21-32-35-36-33-21)30-22(41)17(16-20(28)47-26(29)31-16)34-45-27(2,3)25(43)44/h4-7,18,24H,8-9H2,1-3H3,(H6,29,30,31,32,33,35,36,40,41,43,44)/p+1/b34-17-/t18-,24-/m1/s1. The molecule has 0 bridgehead atoms. The highest BCUT2D eigenvalue weighted by Gasteiger charge is 2.54. The van der Waals surface area contributed by atoms with Gasteiger partial charge in [0.25, 0.3) is 11.8 Å². The molecule has 20 heteroatoms. The number of tetrazole rings is 1. The zero-order chi connectivity index (χ0) is 33.8. The fraction of sp³-hybridized carbons (Fsp3) is 0.296. The number of phenolic OH excluding ortho intramolecular Hbond substituents is 2. The number of aryl methyl sites for hydroxylation is 1. The van der Waals surface area contributed by atoms with Gasteiger partial charge in [-0.2, -0.15) is 4.57 Å². The number of nitrogen functional groups attached to an aromatic ring is 1. The number of oxime groups is 1. The van der Waals surface area contributed by atoms with Gasteiger partial charge >= 0.3 is 5.97 Å². The lowest BCUT2D eigenvalue weighted by Gasteiger charge is -2.49. The highest BCUT2D eigenvalue weighted by molar-refractivity contribution is 8.00. The number of carbonyl (C=O) groups excluding carboxylic acids is 2. The average Bonchev–Trinajstić information content (AvgIpc) is 3.66. The molecule has 0 radical (unpaired) electrons. The molecule has 1 aromatic carbocycles. The van der Waals surface area contributed by atoms with Gasteiger partial charge in [-0.15, -0.1) is 16.9 Å². The first-order chi connectivity index (χ1) is 22.2. The number of nitrogens with one attached hydrogen (secondary N) is 2. The van der Waals surface area contributed by atoms with Gasteiger partial charge < -0.3 is 31.2 Å². The molecule has 1 saturated heterocycles. The van der Waals surface area contributed by atoms with Gasteiger partial charge in [0.05, 0.1) is 5.70 Å². The number of amides is 2. The number of aliphatic carboxylic acids is 1. The van der Waals surface area contributed by atoms with Crippen LogP contribution >= 0.6 is 34.7 Å². The topological polar surface area (TPSA) is 246 Å². The number of anilines is 1. The lowest BCUT2D eigenvalue weighted by molar-refractivity contribution is -0.693. The summed E-state index contributed by atoms with van der Waals surface area (Å²) in [5.41, 5.74) is 5.48. The van der Waals surface area contributed by atoms with Crippen LogP contribution in [0.3, 0.4) is 0 Å². The molecular formula is C27H26ClN10O7S2+. The highest BCUT2D eigenvalue weighted by atomic mass is 35.5. The van der Waals surface area contributed by atoms with E-state index in [0.29, 0.717) is 23.4 Å². The molecule has 2 aliphatic rings. The van der Waals surface area contributed by atoms with Crippen LogP contribution in [0.1, 0.15) is 31.1 Å². The van der Waals surface area contributed by atoms with E-state index in [4.69, 9.17) is 22.2 Å². The van der Waals surface area contributed by atoms with Crippen molar-refractivity contribution in [3.8, 4) is 11.5 Å². The number of phenols is 2. The number of nitrogens with zero attached hydrogens (tertiary/aromatic N) is 7. The van der Waals surface area contributed by atoms with E-state index >= 15 is 0 Å². The van der Waals surface area contributed by atoms with Crippen LogP contribution in [0.5, 0.6) is 11.5 Å². The second-order valence-electron chi connectivity index (χ2n) is 11.1. The summed E-state index contributed by atoms with van der Waals surface area (Å²) in [6.45, 7) is 4.71. The second-order valence-corrected chi connectivity index (χ2v) is 13.8. The maximum absolute atomic E-state index is 13.7. The Morgan fingerprint density at radius 1 is 1.28 bits per heavy atom. The number of aromatic amines is 1. The third kappa shape index (κ3) is 5.87. The number of rotatable bonds is 9. The molecule has 17 nitrogen and oxygen atoms in total. The lowest BCUT2D eigenvalue weighted by Crippen LogP contribution is -2.70. The number of fused-ring (bicyclic) bond motifs is 2. The Bertz CT molecular complexity index is 2010. The van der Waals surface area contributed by atoms with Crippen molar-refractivity contribution in [1.82, 2.24) is 35.8 Å². The van der Waals surface area contributed by atoms with Gasteiger partial charge in [0.1, 0.15) is 21.4 Å². The van der Waals surface area contributed by atoms with Gasteiger partial charge in [-0.05, 0) is 41.8 Å². The third-order valence-electron chi connectivity index (χ3n) is 7.48. The van der Waals surface area contributed by atoms with Crippen LogP contribution in [0.2, 0.25) is 4.34 Å². The number of pyridine rings is 1. The lowest BCUT2D eigenvalue weighted by atomic mass is 10.0. The zero-order valence-corrected chi connectivity index (χ0v) is 27.1. The molecule has 244 valence electrons. The molecule has 0 unspecified atom stereocenters. The van der Waals surface area contributed by atoms with E-state index in [2.05, 4.69) is 36.1 Å². The molecule has 47 heavy (non-hydrogen) atoms. The Balaban J connectivity index is 1.29. The number of hydrogen-bond donors (Lipinski definition) is 6. The number of hydrogen-bond acceptors (Lipinski definition) is 14. The van der Waals surface area contributed by atoms with Crippen LogP contribution in [-0.4, -0.2) is 92.1 Å². The normalized spacial score (nSPS) is 18.3. The van der Waals surface area contributed by atoms with Crippen molar-refractivity contribution in [2.24, 2.45) is 5.16 Å². The van der Waals surface area contributed by atoms with Crippen LogP contribution in [0.15, 0.2) is 35.1 Å². The van der Waals surface area contributed by atoms with Crippen molar-refractivity contribution in [3.63, 3.8) is 0 Å². The van der Waals surface area contributed by atoms with Gasteiger partial charge in [-0.25, -0.2) is 14.9 Å². The van der Waals surface area contributed by atoms with Crippen LogP contribution in [0.25, 0.3) is 16.5 Å². The smallest absolute Gasteiger partial charge is 0.350 e. The van der Waals surface area contributed by atoms with Gasteiger partial charge in [0.2, 0.25) is 5.60 Å². The van der Waals surface area contributed by atoms with E-state index < -0.39 is 40.5 Å². The maximum Gasteiger partial charge on any atom is 0.350 e. The van der Waals surface area contributed by atoms with Crippen LogP contribution in [0, 0.1) is 6.92 Å². The summed E-state index contributed by atoms with van der Waals surface area (Å²) < 4.78 is 1.95. The van der Waals surface area contributed by atoms with Crippen LogP contribution < -0.4 is 15.6 Å². The molecule has 6 rings (SSSR count). The van der Waals surface area contributed by atoms with Crippen LogP contribution in [-0.2, 0) is 25.8 Å². The summed E-state index contributed by atoms with van der Waals surface area (Å²) in [4.78, 5) is 49.5. The molecule has 7 N–H and O–H groups in total. The van der Waals surface area contributed by atoms with Crippen LogP contribution in [0.4, 0.5) is 5.13 Å². The van der Waals surface area contributed by atoms with Crippen molar-refractivity contribution < 1.29 is 39.1 Å². The van der Waals surface area contributed by atoms with E-state index in [1.807, 2.05) is 23.8 Å². The summed E-state index contributed by atoms with van der Waals surface area (Å²) >= 11 is 8.53. The van der Waals surface area contributed by atoms with E-state index in [-0.39, 0.29) is 32.5 Å². The minimum Gasteiger partial charge on any atom is -0.504 e. The molecule has 2 atom stereocenters. The molecule has 3 aromatic heterocycles. The fourth-order valence-electron chi connectivity index (χ4n) is 4.95. The number of β-lactam (4-membered cyclic amide) rings is 1. The molecule has 0 aliphatic carbocycles. The summed E-state index contributed by atoms with van der Waals surface area (Å²) in [5.74, 6) is -2.48. The van der Waals surface area contributed by atoms with E-state index in [1.165, 1.54) is 42.6 Å². The number of thiazole rings is 1. The average molecular weight is 702 g/mol. The number of thioether (sulfide) groups is 1. The largest absolute Gasteiger partial charge is 0.504 e. The predicted molar refractivity (Wildman–Crippen MR) is 169 cm³/mol. The fourth-order valence-corrected chi connectivity index (χ4v) is 7.22. The maximum atomic E-state index is 13.7. The van der Waals surface area contributed by atoms with Gasteiger partial charge in [-0.1, -0.05) is 28.1 Å². The third-order valence-corrected chi connectivity index (χ3v) is 9.90. The number of aromatic nitrogens is 6. The number of nitrogens with two attached hydrogens (primary N) is 1. The first kappa shape index (κ1) is 32.0. The first-order valence-electron chi connectivity index (χ1n) is 13.7. The number of carboxylic acid groups (broad SMARTS) is 1. The number of halogens is 1. The monoisotopic (exact) mass is 701 g/mol. The molecule has 1 fully saturated rings. The van der Waals surface area contributed by atoms with Crippen molar-refractivity contribution in [2.45, 2.75) is 44.3 Å². The van der Waals surface area contributed by atoms with Gasteiger partial charge in [0.15, 0.2) is 46.6 Å². The predicted octanol–water partition coefficient (Wildman–Crippen LogP) is 1.15. The minimum atomic E-state index is -1.80. The Morgan fingerprint density at radius 3 is 2.64 bits per heavy atom. The summed E-state index contributed by atoms with van der Waals surface area (Å²) in [7, 11) is 0. The highest BCUT2D eigenvalue weighted by Crippen LogP contribution is 2.43. The Labute approximate surface area is 278 Å². The molecule has 2 aliphatic heterocycles. The number of carboxylic acids is 1. The first-order valence-corrected chi connectivity index (χ1v) is 16.0. The van der Waals surface area contributed by atoms with Crippen molar-refractivity contribution in [1.29, 1.82) is 0 Å². The number of aromatic hydroxyl groups is 2. The molecule has 0 saturated carbocycles. The van der Waals surface area contributed by atoms with Crippen molar-refractivity contribution in [2.75, 3.05) is 11.5 Å². The molecule has 4 aromatic rings. The summed E-state index contributed by atoms with van der Waals surface area (Å²) in [6, 6.07) is 3.80. The number of H-pyrrole nitrogens is 1. The number of carbonyl (C=O) groups is 3. The Kier molecular flexibility index (Phi) is 8.14. The zero-order valence-electron chi connectivity index (χ0n) is 24.8. The molecule has 0 spiro atoms. The Hall–Kier alpha value is -5.01. The molecule has 2 amide bonds. The molecule has 5 heterocycles. The Morgan fingerprint density at radius 2 is 2.00 bits per heavy atom. The summed E-state index contributed by atoms with van der Waals surface area (Å²) in [5, 5.41) is 50.9. The van der Waals surface area contributed by atoms with Crippen molar-refractivity contribution >= 4 is 79.8 Å². The van der Waals surface area contributed by atoms with Gasteiger partial charge in [0, 0.05) is 29.7 Å². The quantitative estimate of drug-likeness (QED) is 0.0472.